The van der Waals surface area contributed by atoms with Gasteiger partial charge in [0.1, 0.15) is 5.82 Å². The van der Waals surface area contributed by atoms with E-state index in [0.717, 1.165) is 18.8 Å². The first-order valence-corrected chi connectivity index (χ1v) is 6.49. The number of likely N-dealkylation sites (N-methyl/N-ethyl adjacent to an activating group) is 1. The second-order valence-electron chi connectivity index (χ2n) is 4.72. The van der Waals surface area contributed by atoms with Crippen LogP contribution in [0.5, 0.6) is 0 Å². The van der Waals surface area contributed by atoms with Gasteiger partial charge in [-0.3, -0.25) is 0 Å². The Morgan fingerprint density at radius 2 is 2.17 bits per heavy atom. The molecule has 0 aliphatic heterocycles. The normalized spacial score (nSPS) is 12.6. The van der Waals surface area contributed by atoms with Crippen LogP contribution in [0.4, 0.5) is 0 Å². The van der Waals surface area contributed by atoms with Crippen LogP contribution in [0.25, 0.3) is 0 Å². The van der Waals surface area contributed by atoms with E-state index in [9.17, 15) is 0 Å². The summed E-state index contributed by atoms with van der Waals surface area (Å²) in [6, 6.07) is 6.87. The van der Waals surface area contributed by atoms with Crippen LogP contribution in [0, 0.1) is 13.8 Å². The average molecular weight is 243 g/mol. The molecule has 0 saturated carbocycles. The van der Waals surface area contributed by atoms with E-state index in [1.54, 1.807) is 0 Å². The molecule has 3 heteroatoms. The van der Waals surface area contributed by atoms with Gasteiger partial charge in [-0.1, -0.05) is 30.7 Å². The molecule has 96 valence electrons. The van der Waals surface area contributed by atoms with Gasteiger partial charge in [-0.15, -0.1) is 0 Å². The lowest BCUT2D eigenvalue weighted by atomic mass is 9.98. The zero-order chi connectivity index (χ0) is 13.0. The Balaban J connectivity index is 2.21. The van der Waals surface area contributed by atoms with Crippen molar-refractivity contribution in [3.05, 3.63) is 53.1 Å². The predicted octanol–water partition coefficient (Wildman–Crippen LogP) is 2.92. The van der Waals surface area contributed by atoms with Gasteiger partial charge in [0.05, 0.1) is 6.04 Å². The van der Waals surface area contributed by atoms with Crippen LogP contribution in [0.2, 0.25) is 0 Å². The minimum absolute atomic E-state index is 0.255. The van der Waals surface area contributed by atoms with E-state index in [1.807, 2.05) is 12.4 Å². The van der Waals surface area contributed by atoms with Crippen molar-refractivity contribution in [1.29, 1.82) is 0 Å². The van der Waals surface area contributed by atoms with Gasteiger partial charge in [-0.2, -0.15) is 0 Å². The fourth-order valence-corrected chi connectivity index (χ4v) is 2.22. The molecule has 2 rings (SSSR count). The quantitative estimate of drug-likeness (QED) is 0.847. The van der Waals surface area contributed by atoms with Crippen molar-refractivity contribution in [1.82, 2.24) is 15.3 Å². The Morgan fingerprint density at radius 3 is 2.83 bits per heavy atom. The van der Waals surface area contributed by atoms with Crippen molar-refractivity contribution in [2.45, 2.75) is 33.2 Å². The molecule has 3 nitrogen and oxygen atoms in total. The van der Waals surface area contributed by atoms with Crippen molar-refractivity contribution in [3.63, 3.8) is 0 Å². The number of rotatable bonds is 5. The van der Waals surface area contributed by atoms with E-state index in [4.69, 9.17) is 0 Å². The third kappa shape index (κ3) is 2.99. The van der Waals surface area contributed by atoms with Crippen molar-refractivity contribution in [3.8, 4) is 0 Å². The monoisotopic (exact) mass is 243 g/mol. The molecule has 1 unspecified atom stereocenters. The summed E-state index contributed by atoms with van der Waals surface area (Å²) < 4.78 is 0. The third-order valence-corrected chi connectivity index (χ3v) is 3.23. The van der Waals surface area contributed by atoms with Gasteiger partial charge in [0.15, 0.2) is 0 Å². The number of hydrogen-bond acceptors (Lipinski definition) is 2. The molecule has 0 saturated heterocycles. The lowest BCUT2D eigenvalue weighted by Gasteiger charge is -2.17. The lowest BCUT2D eigenvalue weighted by Crippen LogP contribution is -2.24. The molecular formula is C15H21N3. The maximum Gasteiger partial charge on any atom is 0.123 e. The maximum absolute atomic E-state index is 4.37. The molecule has 2 aromatic rings. The molecule has 0 radical (unpaired) electrons. The van der Waals surface area contributed by atoms with Crippen LogP contribution in [0.1, 0.15) is 35.5 Å². The molecule has 2 N–H and O–H groups in total. The van der Waals surface area contributed by atoms with Gasteiger partial charge < -0.3 is 10.3 Å². The number of benzene rings is 1. The first kappa shape index (κ1) is 12.8. The third-order valence-electron chi connectivity index (χ3n) is 3.23. The van der Waals surface area contributed by atoms with Crippen molar-refractivity contribution < 1.29 is 0 Å². The summed E-state index contributed by atoms with van der Waals surface area (Å²) >= 11 is 0. The fraction of sp³-hybridized carbons (Fsp3) is 0.400. The first-order valence-electron chi connectivity index (χ1n) is 6.49. The summed E-state index contributed by atoms with van der Waals surface area (Å²) in [5, 5.41) is 3.49. The van der Waals surface area contributed by atoms with E-state index in [0.29, 0.717) is 0 Å². The van der Waals surface area contributed by atoms with Crippen molar-refractivity contribution in [2.24, 2.45) is 0 Å². The summed E-state index contributed by atoms with van der Waals surface area (Å²) in [6.45, 7) is 7.37. The average Bonchev–Trinajstić information content (AvgIpc) is 2.87. The van der Waals surface area contributed by atoms with Gasteiger partial charge in [0, 0.05) is 12.4 Å². The molecule has 0 fully saturated rings. The van der Waals surface area contributed by atoms with Gasteiger partial charge in [-0.05, 0) is 37.9 Å². The second kappa shape index (κ2) is 5.83. The number of aryl methyl sites for hydroxylation is 2. The van der Waals surface area contributed by atoms with E-state index in [2.05, 4.69) is 54.3 Å². The van der Waals surface area contributed by atoms with Crippen LogP contribution in [0.3, 0.4) is 0 Å². The minimum atomic E-state index is 0.255. The minimum Gasteiger partial charge on any atom is -0.347 e. The zero-order valence-corrected chi connectivity index (χ0v) is 11.3. The number of aromatic nitrogens is 2. The highest BCUT2D eigenvalue weighted by Crippen LogP contribution is 2.19. The molecule has 1 aromatic carbocycles. The largest absolute Gasteiger partial charge is 0.347 e. The van der Waals surface area contributed by atoms with E-state index in [1.165, 1.54) is 16.7 Å². The van der Waals surface area contributed by atoms with E-state index < -0.39 is 0 Å². The molecule has 0 spiro atoms. The van der Waals surface area contributed by atoms with Gasteiger partial charge in [0.2, 0.25) is 0 Å². The van der Waals surface area contributed by atoms with Crippen LogP contribution in [-0.2, 0) is 6.42 Å². The smallest absolute Gasteiger partial charge is 0.123 e. The van der Waals surface area contributed by atoms with Crippen molar-refractivity contribution >= 4 is 0 Å². The van der Waals surface area contributed by atoms with Crippen LogP contribution < -0.4 is 5.32 Å². The molecule has 1 aromatic heterocycles. The fourth-order valence-electron chi connectivity index (χ4n) is 2.22. The number of nitrogens with one attached hydrogen (secondary N) is 2. The summed E-state index contributed by atoms with van der Waals surface area (Å²) in [7, 11) is 0. The van der Waals surface area contributed by atoms with Gasteiger partial charge in [0.25, 0.3) is 0 Å². The second-order valence-corrected chi connectivity index (χ2v) is 4.72. The summed E-state index contributed by atoms with van der Waals surface area (Å²) in [5.41, 5.74) is 4.04. The first-order chi connectivity index (χ1) is 8.70. The SMILES string of the molecule is CCNC(Cc1cc(C)ccc1C)c1ncc[nH]1. The van der Waals surface area contributed by atoms with Gasteiger partial charge in [-0.25, -0.2) is 4.98 Å². The Labute approximate surface area is 109 Å². The molecular weight excluding hydrogens is 222 g/mol. The highest BCUT2D eigenvalue weighted by atomic mass is 15.0. The molecule has 0 amide bonds. The highest BCUT2D eigenvalue weighted by Gasteiger charge is 2.14. The standard InChI is InChI=1S/C15H21N3/c1-4-16-14(15-17-7-8-18-15)10-13-9-11(2)5-6-12(13)3/h5-9,14,16H,4,10H2,1-3H3,(H,17,18). The molecule has 1 atom stereocenters. The van der Waals surface area contributed by atoms with Crippen LogP contribution in [0.15, 0.2) is 30.6 Å². The van der Waals surface area contributed by atoms with E-state index >= 15 is 0 Å². The number of hydrogen-bond donors (Lipinski definition) is 2. The number of nitrogens with zero attached hydrogens (tertiary/aromatic N) is 1. The Kier molecular flexibility index (Phi) is 4.15. The number of H-pyrrole nitrogens is 1. The summed E-state index contributed by atoms with van der Waals surface area (Å²) in [4.78, 5) is 7.57. The summed E-state index contributed by atoms with van der Waals surface area (Å²) in [6.07, 6.45) is 4.65. The Hall–Kier alpha value is -1.61. The van der Waals surface area contributed by atoms with Crippen LogP contribution >= 0.6 is 0 Å². The molecule has 0 aliphatic carbocycles. The zero-order valence-electron chi connectivity index (χ0n) is 11.3. The topological polar surface area (TPSA) is 40.7 Å². The summed E-state index contributed by atoms with van der Waals surface area (Å²) in [5.74, 6) is 1.01. The highest BCUT2D eigenvalue weighted by molar-refractivity contribution is 5.31. The van der Waals surface area contributed by atoms with E-state index in [-0.39, 0.29) is 6.04 Å². The molecule has 18 heavy (non-hydrogen) atoms. The Morgan fingerprint density at radius 1 is 1.33 bits per heavy atom. The van der Waals surface area contributed by atoms with Gasteiger partial charge >= 0.3 is 0 Å². The molecule has 1 heterocycles. The maximum atomic E-state index is 4.37. The van der Waals surface area contributed by atoms with Crippen LogP contribution in [-0.4, -0.2) is 16.5 Å². The lowest BCUT2D eigenvalue weighted by molar-refractivity contribution is 0.525. The number of aromatic amines is 1. The number of imidazole rings is 1. The molecule has 0 aliphatic rings. The molecule has 0 bridgehead atoms. The Bertz CT molecular complexity index is 488. The predicted molar refractivity (Wildman–Crippen MR) is 74.6 cm³/mol. The van der Waals surface area contributed by atoms with Crippen molar-refractivity contribution in [2.75, 3.05) is 6.54 Å².